The molecule has 0 aromatic heterocycles. The van der Waals surface area contributed by atoms with E-state index in [1.165, 1.54) is 36.8 Å². The lowest BCUT2D eigenvalue weighted by Gasteiger charge is -2.18. The van der Waals surface area contributed by atoms with E-state index in [1.54, 1.807) is 0 Å². The summed E-state index contributed by atoms with van der Waals surface area (Å²) in [6.07, 6.45) is 6.25. The third-order valence-corrected chi connectivity index (χ3v) is 4.24. The molecular weight excluding hydrogens is 363 g/mol. The van der Waals surface area contributed by atoms with Crippen LogP contribution in [0.5, 0.6) is 11.5 Å². The quantitative estimate of drug-likeness (QED) is 0.506. The summed E-state index contributed by atoms with van der Waals surface area (Å²) in [5.74, 6) is 2.67. The molecule has 5 nitrogen and oxygen atoms in total. The van der Waals surface area contributed by atoms with E-state index in [4.69, 9.17) is 24.0 Å². The van der Waals surface area contributed by atoms with Gasteiger partial charge in [-0.05, 0) is 43.0 Å². The zero-order chi connectivity index (χ0) is 20.3. The molecule has 0 aliphatic carbocycles. The van der Waals surface area contributed by atoms with Crippen molar-refractivity contribution in [1.29, 1.82) is 0 Å². The van der Waals surface area contributed by atoms with Crippen molar-refractivity contribution < 1.29 is 24.0 Å². The number of benzene rings is 2. The van der Waals surface area contributed by atoms with Crippen LogP contribution in [0.4, 0.5) is 0 Å². The molecule has 0 fully saturated rings. The summed E-state index contributed by atoms with van der Waals surface area (Å²) in [6.45, 7) is 6.72. The molecular formula is C21H31O5P. The number of hydrogen-bond donors (Lipinski definition) is 3. The summed E-state index contributed by atoms with van der Waals surface area (Å²) in [4.78, 5) is 21.6. The normalized spacial score (nSPS) is 12.1. The van der Waals surface area contributed by atoms with Crippen LogP contribution in [0.2, 0.25) is 0 Å². The summed E-state index contributed by atoms with van der Waals surface area (Å²) in [5, 5.41) is 0. The fraction of sp³-hybridized carbons (Fsp3) is 0.429. The largest absolute Gasteiger partial charge is 0.466 e. The first-order valence-corrected chi connectivity index (χ1v) is 10.9. The Bertz CT molecular complexity index is 704. The number of para-hydroxylation sites is 1. The number of hydrogen-bond acceptors (Lipinski definition) is 2. The Morgan fingerprint density at radius 1 is 1.04 bits per heavy atom. The maximum absolute atomic E-state index is 8.88. The van der Waals surface area contributed by atoms with E-state index in [2.05, 4.69) is 39.0 Å². The zero-order valence-electron chi connectivity index (χ0n) is 16.3. The highest BCUT2D eigenvalue weighted by molar-refractivity contribution is 7.45. The van der Waals surface area contributed by atoms with Gasteiger partial charge in [-0.25, -0.2) is 4.57 Å². The number of phosphoric acid groups is 1. The van der Waals surface area contributed by atoms with Gasteiger partial charge in [0.15, 0.2) is 0 Å². The maximum atomic E-state index is 8.88. The summed E-state index contributed by atoms with van der Waals surface area (Å²) in [5.41, 5.74) is 2.65. The third kappa shape index (κ3) is 10.9. The number of ether oxygens (including phenoxy) is 1. The van der Waals surface area contributed by atoms with Crippen molar-refractivity contribution in [2.45, 2.75) is 52.9 Å². The maximum Gasteiger partial charge on any atom is 0.466 e. The minimum atomic E-state index is -4.64. The molecule has 0 aliphatic heterocycles. The molecule has 0 amide bonds. The SMILES string of the molecule is CCCCC(CC)Cc1cc(C)ccc1Oc1ccccc1.O=P(O)(O)O. The fourth-order valence-electron chi connectivity index (χ4n) is 2.84. The van der Waals surface area contributed by atoms with Crippen LogP contribution in [0.25, 0.3) is 0 Å². The van der Waals surface area contributed by atoms with Crippen molar-refractivity contribution in [3.63, 3.8) is 0 Å². The Balaban J connectivity index is 0.000000646. The topological polar surface area (TPSA) is 87.0 Å². The Morgan fingerprint density at radius 2 is 1.67 bits per heavy atom. The predicted molar refractivity (Wildman–Crippen MR) is 109 cm³/mol. The molecule has 3 N–H and O–H groups in total. The summed E-state index contributed by atoms with van der Waals surface area (Å²) < 4.78 is 15.0. The van der Waals surface area contributed by atoms with E-state index >= 15 is 0 Å². The second kappa shape index (κ2) is 11.9. The van der Waals surface area contributed by atoms with Crippen LogP contribution >= 0.6 is 7.82 Å². The van der Waals surface area contributed by atoms with Gasteiger partial charge >= 0.3 is 7.82 Å². The predicted octanol–water partition coefficient (Wildman–Crippen LogP) is 5.62. The van der Waals surface area contributed by atoms with Crippen LogP contribution in [0, 0.1) is 12.8 Å². The van der Waals surface area contributed by atoms with Crippen LogP contribution in [0.15, 0.2) is 48.5 Å². The average Bonchev–Trinajstić information content (AvgIpc) is 2.60. The molecule has 2 rings (SSSR count). The van der Waals surface area contributed by atoms with Gasteiger partial charge in [0.2, 0.25) is 0 Å². The van der Waals surface area contributed by atoms with Gasteiger partial charge in [-0.3, -0.25) is 0 Å². The summed E-state index contributed by atoms with van der Waals surface area (Å²) in [6, 6.07) is 16.6. The highest BCUT2D eigenvalue weighted by atomic mass is 31.2. The lowest BCUT2D eigenvalue weighted by molar-refractivity contribution is 0.275. The minimum Gasteiger partial charge on any atom is -0.457 e. The Morgan fingerprint density at radius 3 is 2.22 bits per heavy atom. The first-order valence-electron chi connectivity index (χ1n) is 9.33. The smallest absolute Gasteiger partial charge is 0.457 e. The first-order chi connectivity index (χ1) is 12.7. The molecule has 2 aromatic carbocycles. The molecule has 0 spiro atoms. The van der Waals surface area contributed by atoms with Crippen molar-refractivity contribution in [1.82, 2.24) is 0 Å². The van der Waals surface area contributed by atoms with Crippen molar-refractivity contribution >= 4 is 7.82 Å². The van der Waals surface area contributed by atoms with Gasteiger partial charge in [0.05, 0.1) is 0 Å². The van der Waals surface area contributed by atoms with Crippen LogP contribution < -0.4 is 4.74 Å². The molecule has 0 radical (unpaired) electrons. The van der Waals surface area contributed by atoms with Gasteiger partial charge in [-0.1, -0.05) is 75.4 Å². The lowest BCUT2D eigenvalue weighted by atomic mass is 9.91. The molecule has 6 heteroatoms. The van der Waals surface area contributed by atoms with Crippen LogP contribution in [0.3, 0.4) is 0 Å². The molecule has 1 unspecified atom stereocenters. The Kier molecular flexibility index (Phi) is 10.3. The molecule has 150 valence electrons. The van der Waals surface area contributed by atoms with E-state index < -0.39 is 7.82 Å². The highest BCUT2D eigenvalue weighted by Gasteiger charge is 2.12. The second-order valence-electron chi connectivity index (χ2n) is 6.66. The monoisotopic (exact) mass is 394 g/mol. The Labute approximate surface area is 162 Å². The number of aryl methyl sites for hydroxylation is 1. The van der Waals surface area contributed by atoms with Gasteiger partial charge < -0.3 is 19.4 Å². The van der Waals surface area contributed by atoms with Gasteiger partial charge in [-0.2, -0.15) is 0 Å². The van der Waals surface area contributed by atoms with Gasteiger partial charge in [0.25, 0.3) is 0 Å². The van der Waals surface area contributed by atoms with Gasteiger partial charge in [0, 0.05) is 0 Å². The second-order valence-corrected chi connectivity index (χ2v) is 7.69. The van der Waals surface area contributed by atoms with E-state index in [0.717, 1.165) is 23.8 Å². The van der Waals surface area contributed by atoms with Crippen LogP contribution in [0.1, 0.15) is 50.7 Å². The standard InChI is InChI=1S/C21H28O.H3O4P/c1-4-6-10-18(5-2)16-19-15-17(3)13-14-21(19)22-20-11-8-7-9-12-20;1-5(2,3)4/h7-9,11-15,18H,4-6,10,16H2,1-3H3;(H3,1,2,3,4). The van der Waals surface area contributed by atoms with Crippen molar-refractivity contribution in [3.8, 4) is 11.5 Å². The Hall–Kier alpha value is -1.65. The van der Waals surface area contributed by atoms with E-state index in [0.29, 0.717) is 0 Å². The molecule has 27 heavy (non-hydrogen) atoms. The molecule has 1 atom stereocenters. The van der Waals surface area contributed by atoms with E-state index in [9.17, 15) is 0 Å². The summed E-state index contributed by atoms with van der Waals surface area (Å²) >= 11 is 0. The van der Waals surface area contributed by atoms with Crippen molar-refractivity contribution in [2.24, 2.45) is 5.92 Å². The number of rotatable bonds is 8. The molecule has 0 aliphatic rings. The molecule has 0 saturated heterocycles. The first kappa shape index (κ1) is 23.4. The van der Waals surface area contributed by atoms with E-state index in [1.807, 2.05) is 30.3 Å². The highest BCUT2D eigenvalue weighted by Crippen LogP contribution is 2.30. The zero-order valence-corrected chi connectivity index (χ0v) is 17.2. The van der Waals surface area contributed by atoms with Gasteiger partial charge in [0.1, 0.15) is 11.5 Å². The van der Waals surface area contributed by atoms with Crippen LogP contribution in [-0.4, -0.2) is 14.7 Å². The molecule has 0 saturated carbocycles. The molecule has 0 bridgehead atoms. The van der Waals surface area contributed by atoms with Crippen molar-refractivity contribution in [2.75, 3.05) is 0 Å². The lowest BCUT2D eigenvalue weighted by Crippen LogP contribution is -2.05. The van der Waals surface area contributed by atoms with Gasteiger partial charge in [-0.15, -0.1) is 0 Å². The van der Waals surface area contributed by atoms with Crippen molar-refractivity contribution in [3.05, 3.63) is 59.7 Å². The molecule has 2 aromatic rings. The van der Waals surface area contributed by atoms with Crippen LogP contribution in [-0.2, 0) is 11.0 Å². The molecule has 0 heterocycles. The average molecular weight is 394 g/mol. The summed E-state index contributed by atoms with van der Waals surface area (Å²) in [7, 11) is -4.64. The number of unbranched alkanes of at least 4 members (excludes halogenated alkanes) is 1. The third-order valence-electron chi connectivity index (χ3n) is 4.24. The van der Waals surface area contributed by atoms with E-state index in [-0.39, 0.29) is 0 Å². The fourth-order valence-corrected chi connectivity index (χ4v) is 2.84. The minimum absolute atomic E-state index is 0.750.